The molecule has 5 heteroatoms. The van der Waals surface area contributed by atoms with E-state index in [1.165, 1.54) is 0 Å². The van der Waals surface area contributed by atoms with Crippen LogP contribution in [0.4, 0.5) is 4.79 Å². The number of amides is 2. The molecule has 0 aliphatic carbocycles. The Labute approximate surface area is 128 Å². The lowest BCUT2D eigenvalue weighted by molar-refractivity contribution is -0.123. The van der Waals surface area contributed by atoms with Crippen molar-refractivity contribution in [3.8, 4) is 0 Å². The Morgan fingerprint density at radius 2 is 1.71 bits per heavy atom. The standard InChI is InChI=1S/C16H32N2O3/c1-7-11(2)10-17-14(19)13(18-15(20)21)8-12(3)9-16(4,5)6/h11-13,18H,7-10H2,1-6H3,(H,17,19)(H,20,21)/t11?,12-,13?/m0/s1. The van der Waals surface area contributed by atoms with Gasteiger partial charge in [0.1, 0.15) is 6.04 Å². The van der Waals surface area contributed by atoms with Crippen LogP contribution >= 0.6 is 0 Å². The lowest BCUT2D eigenvalue weighted by Gasteiger charge is -2.26. The second kappa shape index (κ2) is 8.90. The van der Waals surface area contributed by atoms with Crippen molar-refractivity contribution in [3.05, 3.63) is 0 Å². The minimum atomic E-state index is -1.15. The van der Waals surface area contributed by atoms with Crippen molar-refractivity contribution in [2.24, 2.45) is 17.3 Å². The predicted molar refractivity (Wildman–Crippen MR) is 85.3 cm³/mol. The van der Waals surface area contributed by atoms with Crippen molar-refractivity contribution in [1.29, 1.82) is 0 Å². The van der Waals surface area contributed by atoms with Gasteiger partial charge in [-0.1, -0.05) is 48.0 Å². The quantitative estimate of drug-likeness (QED) is 0.644. The van der Waals surface area contributed by atoms with E-state index in [0.29, 0.717) is 18.9 Å². The van der Waals surface area contributed by atoms with E-state index in [0.717, 1.165) is 12.8 Å². The van der Waals surface area contributed by atoms with Gasteiger partial charge in [-0.3, -0.25) is 4.79 Å². The third kappa shape index (κ3) is 10.2. The Morgan fingerprint density at radius 3 is 2.14 bits per heavy atom. The summed E-state index contributed by atoms with van der Waals surface area (Å²) < 4.78 is 0. The third-order valence-corrected chi connectivity index (χ3v) is 3.53. The summed E-state index contributed by atoms with van der Waals surface area (Å²) in [5, 5.41) is 14.1. The van der Waals surface area contributed by atoms with Gasteiger partial charge >= 0.3 is 6.09 Å². The highest BCUT2D eigenvalue weighted by molar-refractivity contribution is 5.85. The minimum absolute atomic E-state index is 0.167. The molecule has 0 aromatic rings. The molecule has 124 valence electrons. The molecule has 0 aliphatic heterocycles. The van der Waals surface area contributed by atoms with Crippen molar-refractivity contribution in [3.63, 3.8) is 0 Å². The number of hydrogen-bond donors (Lipinski definition) is 3. The van der Waals surface area contributed by atoms with Crippen LogP contribution in [-0.2, 0) is 4.79 Å². The molecule has 0 radical (unpaired) electrons. The van der Waals surface area contributed by atoms with E-state index in [2.05, 4.69) is 52.2 Å². The van der Waals surface area contributed by atoms with Crippen LogP contribution in [-0.4, -0.2) is 29.7 Å². The van der Waals surface area contributed by atoms with E-state index >= 15 is 0 Å². The lowest BCUT2D eigenvalue weighted by atomic mass is 9.83. The zero-order valence-corrected chi connectivity index (χ0v) is 14.3. The van der Waals surface area contributed by atoms with Gasteiger partial charge in [0.2, 0.25) is 5.91 Å². The van der Waals surface area contributed by atoms with Crippen LogP contribution in [0.15, 0.2) is 0 Å². The van der Waals surface area contributed by atoms with Crippen LogP contribution in [0.3, 0.4) is 0 Å². The molecule has 2 unspecified atom stereocenters. The zero-order chi connectivity index (χ0) is 16.6. The molecule has 0 saturated heterocycles. The average molecular weight is 300 g/mol. The van der Waals surface area contributed by atoms with Crippen LogP contribution < -0.4 is 10.6 Å². The van der Waals surface area contributed by atoms with Crippen molar-refractivity contribution in [2.75, 3.05) is 6.54 Å². The summed E-state index contributed by atoms with van der Waals surface area (Å²) in [5.74, 6) is 0.445. The number of carbonyl (C=O) groups excluding carboxylic acids is 1. The molecular formula is C16H32N2O3. The highest BCUT2D eigenvalue weighted by Gasteiger charge is 2.25. The Balaban J connectivity index is 4.56. The highest BCUT2D eigenvalue weighted by atomic mass is 16.4. The number of carboxylic acid groups (broad SMARTS) is 1. The largest absolute Gasteiger partial charge is 0.465 e. The zero-order valence-electron chi connectivity index (χ0n) is 14.3. The Morgan fingerprint density at radius 1 is 1.14 bits per heavy atom. The monoisotopic (exact) mass is 300 g/mol. The molecule has 21 heavy (non-hydrogen) atoms. The van der Waals surface area contributed by atoms with Gasteiger partial charge in [0.15, 0.2) is 0 Å². The summed E-state index contributed by atoms with van der Waals surface area (Å²) in [6, 6.07) is -0.677. The van der Waals surface area contributed by atoms with Crippen LogP contribution in [0.2, 0.25) is 0 Å². The van der Waals surface area contributed by atoms with Gasteiger partial charge in [0.05, 0.1) is 0 Å². The van der Waals surface area contributed by atoms with Gasteiger partial charge in [-0.25, -0.2) is 4.79 Å². The first-order chi connectivity index (χ1) is 9.55. The summed E-state index contributed by atoms with van der Waals surface area (Å²) in [5.41, 5.74) is 0.167. The SMILES string of the molecule is CCC(C)CNC(=O)C(C[C@H](C)CC(C)(C)C)NC(=O)O. The van der Waals surface area contributed by atoms with Gasteiger partial charge in [-0.15, -0.1) is 0 Å². The van der Waals surface area contributed by atoms with Crippen molar-refractivity contribution >= 4 is 12.0 Å². The molecule has 3 atom stereocenters. The molecule has 0 saturated carbocycles. The maximum absolute atomic E-state index is 12.2. The molecule has 5 nitrogen and oxygen atoms in total. The van der Waals surface area contributed by atoms with Gasteiger partial charge in [0.25, 0.3) is 0 Å². The Hall–Kier alpha value is -1.26. The fraction of sp³-hybridized carbons (Fsp3) is 0.875. The van der Waals surface area contributed by atoms with E-state index in [-0.39, 0.29) is 17.2 Å². The van der Waals surface area contributed by atoms with E-state index in [1.807, 2.05) is 0 Å². The summed E-state index contributed by atoms with van der Waals surface area (Å²) in [6.45, 7) is 13.2. The molecule has 2 amide bonds. The van der Waals surface area contributed by atoms with Gasteiger partial charge < -0.3 is 15.7 Å². The van der Waals surface area contributed by atoms with Crippen LogP contribution in [0, 0.1) is 17.3 Å². The molecular weight excluding hydrogens is 268 g/mol. The average Bonchev–Trinajstić information content (AvgIpc) is 2.31. The van der Waals surface area contributed by atoms with E-state index in [1.54, 1.807) is 0 Å². The first-order valence-corrected chi connectivity index (χ1v) is 7.82. The fourth-order valence-corrected chi connectivity index (χ4v) is 2.45. The third-order valence-electron chi connectivity index (χ3n) is 3.53. The second-order valence-electron chi connectivity index (χ2n) is 7.37. The van der Waals surface area contributed by atoms with Gasteiger partial charge in [-0.2, -0.15) is 0 Å². The molecule has 0 rings (SSSR count). The Kier molecular flexibility index (Phi) is 8.37. The maximum atomic E-state index is 12.2. The topological polar surface area (TPSA) is 78.4 Å². The summed E-state index contributed by atoms with van der Waals surface area (Å²) in [7, 11) is 0. The van der Waals surface area contributed by atoms with E-state index in [4.69, 9.17) is 5.11 Å². The number of carbonyl (C=O) groups is 2. The van der Waals surface area contributed by atoms with Gasteiger partial charge in [0, 0.05) is 6.54 Å². The smallest absolute Gasteiger partial charge is 0.405 e. The van der Waals surface area contributed by atoms with Crippen LogP contribution in [0.1, 0.15) is 60.8 Å². The lowest BCUT2D eigenvalue weighted by Crippen LogP contribution is -2.48. The van der Waals surface area contributed by atoms with Crippen LogP contribution in [0.5, 0.6) is 0 Å². The van der Waals surface area contributed by atoms with Gasteiger partial charge in [-0.05, 0) is 30.1 Å². The number of hydrogen-bond acceptors (Lipinski definition) is 2. The molecule has 0 spiro atoms. The van der Waals surface area contributed by atoms with Crippen LogP contribution in [0.25, 0.3) is 0 Å². The van der Waals surface area contributed by atoms with E-state index < -0.39 is 12.1 Å². The number of nitrogens with one attached hydrogen (secondary N) is 2. The van der Waals surface area contributed by atoms with Crippen molar-refractivity contribution in [1.82, 2.24) is 10.6 Å². The molecule has 0 bridgehead atoms. The maximum Gasteiger partial charge on any atom is 0.405 e. The molecule has 0 fully saturated rings. The molecule has 0 heterocycles. The number of rotatable bonds is 8. The molecule has 0 aromatic carbocycles. The summed E-state index contributed by atoms with van der Waals surface area (Å²) >= 11 is 0. The predicted octanol–water partition coefficient (Wildman–Crippen LogP) is 3.25. The van der Waals surface area contributed by atoms with E-state index in [9.17, 15) is 9.59 Å². The first kappa shape index (κ1) is 19.7. The molecule has 0 aromatic heterocycles. The summed E-state index contributed by atoms with van der Waals surface area (Å²) in [6.07, 6.45) is 1.30. The summed E-state index contributed by atoms with van der Waals surface area (Å²) in [4.78, 5) is 23.0. The Bertz CT molecular complexity index is 337. The fourth-order valence-electron chi connectivity index (χ4n) is 2.45. The highest BCUT2D eigenvalue weighted by Crippen LogP contribution is 2.26. The second-order valence-corrected chi connectivity index (χ2v) is 7.37. The molecule has 3 N–H and O–H groups in total. The first-order valence-electron chi connectivity index (χ1n) is 7.82. The molecule has 0 aliphatic rings. The minimum Gasteiger partial charge on any atom is -0.465 e. The van der Waals surface area contributed by atoms with Crippen molar-refractivity contribution in [2.45, 2.75) is 66.8 Å². The van der Waals surface area contributed by atoms with Crippen molar-refractivity contribution < 1.29 is 14.7 Å². The normalized spacial score (nSPS) is 15.9.